The Morgan fingerprint density at radius 2 is 1.54 bits per heavy atom. The molecule has 3 aromatic carbocycles. The van der Waals surface area contributed by atoms with Gasteiger partial charge in [0.25, 0.3) is 0 Å². The van der Waals surface area contributed by atoms with Gasteiger partial charge in [-0.3, -0.25) is 9.59 Å². The Morgan fingerprint density at radius 1 is 0.845 bits per heavy atom. The van der Waals surface area contributed by atoms with Crippen molar-refractivity contribution in [1.82, 2.24) is 35.8 Å². The zero-order valence-corrected chi connectivity index (χ0v) is 44.5. The number of carbonyl (C=O) groups is 2. The Morgan fingerprint density at radius 3 is 2.23 bits per heavy atom. The highest BCUT2D eigenvalue weighted by Crippen LogP contribution is 2.37. The lowest BCUT2D eigenvalue weighted by Gasteiger charge is -2.35. The van der Waals surface area contributed by atoms with Crippen LogP contribution in [0, 0.1) is 19.3 Å². The highest BCUT2D eigenvalue weighted by Gasteiger charge is 2.43. The predicted molar refractivity (Wildman–Crippen MR) is 289 cm³/mol. The molecule has 13 nitrogen and oxygen atoms in total. The van der Waals surface area contributed by atoms with Crippen LogP contribution in [0.25, 0.3) is 32.5 Å². The van der Waals surface area contributed by atoms with Crippen molar-refractivity contribution in [2.45, 2.75) is 137 Å². The number of β-amino-alcohol motifs (C(OH)–C–C–N with tert-alkyl or cyclic N) is 1. The van der Waals surface area contributed by atoms with Gasteiger partial charge in [0.15, 0.2) is 11.5 Å². The normalized spacial score (nSPS) is 15.8. The smallest absolute Gasteiger partial charge is 0.243 e. The molecule has 0 spiro atoms. The van der Waals surface area contributed by atoms with Gasteiger partial charge in [-0.1, -0.05) is 108 Å². The van der Waals surface area contributed by atoms with Crippen LogP contribution in [-0.2, 0) is 22.7 Å². The second-order valence-corrected chi connectivity index (χ2v) is 21.7. The first kappa shape index (κ1) is 53.4. The lowest BCUT2D eigenvalue weighted by Crippen LogP contribution is -2.56. The van der Waals surface area contributed by atoms with Gasteiger partial charge in [0.2, 0.25) is 11.8 Å². The number of aliphatic hydroxyl groups excluding tert-OH is 1. The molecule has 5 N–H and O–H groups in total. The number of carbonyl (C=O) groups excluding carboxylic acids is 2. The average molecular weight is 1000 g/mol. The van der Waals surface area contributed by atoms with Crippen molar-refractivity contribution in [3.05, 3.63) is 105 Å². The third-order valence-electron chi connectivity index (χ3n) is 13.4. The molecule has 1 aliphatic heterocycles. The summed E-state index contributed by atoms with van der Waals surface area (Å²) in [5, 5.41) is 27.7. The molecule has 1 aliphatic rings. The van der Waals surface area contributed by atoms with Crippen LogP contribution in [0.15, 0.2) is 77.6 Å². The zero-order chi connectivity index (χ0) is 50.5. The first-order valence-corrected chi connectivity index (χ1v) is 27.0. The molecule has 0 bridgehead atoms. The first-order chi connectivity index (χ1) is 34.2. The first-order valence-electron chi connectivity index (χ1n) is 25.3. The standard InChI is InChI=1S/C56H74N8O5S2/c1-36(61-53-45-29-48(68-7)49(69-8)30-46(45)62-38(3)63-53)50-27-42(34-70-50)44-20-16-15-19-41(44)32-57-25-17-13-11-9-10-12-14-18-26-58-52(56(4,5)6)55(67)64-33-43(65)28-47(64)54(66)59-31-39-21-23-40(24-22-39)51-37(2)60-35-71-51/h15-16,19-24,27,29-30,34-36,43,47,52,57-58,65H,9-14,17-18,25-26,28,31-33H2,1-8H3,(H,59,66)(H,61,62,63)/t36-,43-,47+,52-/m1/s1. The van der Waals surface area contributed by atoms with E-state index in [1.54, 1.807) is 41.8 Å². The number of amides is 2. The number of unbranched alkanes of at least 4 members (excludes halogenated alkanes) is 7. The van der Waals surface area contributed by atoms with Crippen LogP contribution in [-0.4, -0.2) is 88.8 Å². The van der Waals surface area contributed by atoms with Gasteiger partial charge >= 0.3 is 0 Å². The summed E-state index contributed by atoms with van der Waals surface area (Å²) in [4.78, 5) is 45.3. The van der Waals surface area contributed by atoms with Crippen molar-refractivity contribution in [3.63, 3.8) is 0 Å². The van der Waals surface area contributed by atoms with Gasteiger partial charge in [0.05, 0.1) is 54.0 Å². The molecule has 4 atom stereocenters. The Kier molecular flexibility index (Phi) is 19.0. The number of aromatic nitrogens is 3. The molecule has 1 fully saturated rings. The quantitative estimate of drug-likeness (QED) is 0.0347. The second-order valence-electron chi connectivity index (χ2n) is 19.9. The molecule has 1 saturated heterocycles. The van der Waals surface area contributed by atoms with E-state index in [0.717, 1.165) is 77.3 Å². The maximum Gasteiger partial charge on any atom is 0.243 e. The summed E-state index contributed by atoms with van der Waals surface area (Å²) in [6.45, 7) is 15.3. The number of hydrogen-bond donors (Lipinski definition) is 5. The molecule has 71 heavy (non-hydrogen) atoms. The molecule has 3 aromatic heterocycles. The van der Waals surface area contributed by atoms with Crippen molar-refractivity contribution in [2.75, 3.05) is 39.2 Å². The number of aliphatic hydroxyl groups is 1. The van der Waals surface area contributed by atoms with E-state index < -0.39 is 18.2 Å². The number of thiazole rings is 1. The van der Waals surface area contributed by atoms with E-state index in [0.29, 0.717) is 23.9 Å². The number of fused-ring (bicyclic) bond motifs is 1. The van der Waals surface area contributed by atoms with Crippen LogP contribution >= 0.6 is 22.7 Å². The van der Waals surface area contributed by atoms with E-state index in [-0.39, 0.29) is 36.2 Å². The molecule has 2 amide bonds. The number of methoxy groups -OCH3 is 2. The van der Waals surface area contributed by atoms with Crippen molar-refractivity contribution in [2.24, 2.45) is 5.41 Å². The molecule has 380 valence electrons. The van der Waals surface area contributed by atoms with E-state index in [1.807, 2.05) is 55.8 Å². The van der Waals surface area contributed by atoms with Gasteiger partial charge in [0.1, 0.15) is 17.7 Å². The second kappa shape index (κ2) is 25.3. The van der Waals surface area contributed by atoms with Crippen LogP contribution in [0.2, 0.25) is 0 Å². The third-order valence-corrected chi connectivity index (χ3v) is 15.5. The number of hydrogen-bond acceptors (Lipinski definition) is 13. The van der Waals surface area contributed by atoms with Crippen molar-refractivity contribution < 1.29 is 24.2 Å². The van der Waals surface area contributed by atoms with E-state index >= 15 is 0 Å². The molecular formula is C56H74N8O5S2. The lowest BCUT2D eigenvalue weighted by atomic mass is 9.85. The maximum atomic E-state index is 14.1. The van der Waals surface area contributed by atoms with E-state index in [9.17, 15) is 14.7 Å². The lowest BCUT2D eigenvalue weighted by molar-refractivity contribution is -0.142. The molecule has 0 unspecified atom stereocenters. The van der Waals surface area contributed by atoms with E-state index in [2.05, 4.69) is 94.6 Å². The number of thiophene rings is 1. The monoisotopic (exact) mass is 1000 g/mol. The molecule has 4 heterocycles. The number of rotatable bonds is 25. The average Bonchev–Trinajstić information content (AvgIpc) is 4.13. The number of ether oxygens (including phenoxy) is 2. The topological polar surface area (TPSA) is 163 Å². The summed E-state index contributed by atoms with van der Waals surface area (Å²) in [5.74, 6) is 2.37. The number of nitrogens with zero attached hydrogens (tertiary/aromatic N) is 4. The maximum absolute atomic E-state index is 14.1. The summed E-state index contributed by atoms with van der Waals surface area (Å²) in [5.41, 5.74) is 9.12. The van der Waals surface area contributed by atoms with Crippen LogP contribution in [0.3, 0.4) is 0 Å². The Labute approximate surface area is 428 Å². The van der Waals surface area contributed by atoms with Gasteiger partial charge in [-0.15, -0.1) is 22.7 Å². The summed E-state index contributed by atoms with van der Waals surface area (Å²) in [6, 6.07) is 21.7. The largest absolute Gasteiger partial charge is 0.493 e. The number of aryl methyl sites for hydroxylation is 2. The van der Waals surface area contributed by atoms with Crippen molar-refractivity contribution >= 4 is 51.2 Å². The molecule has 0 saturated carbocycles. The number of benzene rings is 3. The minimum atomic E-state index is -0.733. The van der Waals surface area contributed by atoms with Gasteiger partial charge < -0.3 is 40.7 Å². The highest BCUT2D eigenvalue weighted by atomic mass is 32.1. The SMILES string of the molecule is COc1cc2nc(C)nc(N[C@H](C)c3cc(-c4ccccc4CNCCCCCCCCCCN[C@H](C(=O)N4C[C@H](O)C[C@H]4C(=O)NCc4ccc(-c5scnc5C)cc4)C(C)(C)C)cs3)c2cc1OC. The molecular weight excluding hydrogens is 929 g/mol. The number of nitrogens with one attached hydrogen (secondary N) is 4. The molecule has 0 aliphatic carbocycles. The highest BCUT2D eigenvalue weighted by molar-refractivity contribution is 7.13. The van der Waals surface area contributed by atoms with Gasteiger partial charge in [-0.05, 0) is 97.4 Å². The van der Waals surface area contributed by atoms with Crippen molar-refractivity contribution in [1.29, 1.82) is 0 Å². The van der Waals surface area contributed by atoms with Crippen LogP contribution in [0.5, 0.6) is 11.5 Å². The minimum absolute atomic E-state index is 0.0282. The van der Waals surface area contributed by atoms with Crippen LogP contribution in [0.1, 0.15) is 119 Å². The van der Waals surface area contributed by atoms with Gasteiger partial charge in [0, 0.05) is 42.4 Å². The molecule has 7 rings (SSSR count). The Balaban J connectivity index is 0.777. The number of likely N-dealkylation sites (tertiary alicyclic amines) is 1. The van der Waals surface area contributed by atoms with Crippen LogP contribution < -0.4 is 30.7 Å². The van der Waals surface area contributed by atoms with E-state index in [4.69, 9.17) is 14.5 Å². The van der Waals surface area contributed by atoms with Gasteiger partial charge in [-0.2, -0.15) is 0 Å². The summed E-state index contributed by atoms with van der Waals surface area (Å²) >= 11 is 3.36. The summed E-state index contributed by atoms with van der Waals surface area (Å²) in [7, 11) is 3.26. The van der Waals surface area contributed by atoms with E-state index in [1.165, 1.54) is 53.7 Å². The molecule has 15 heteroatoms. The Hall–Kier alpha value is -5.45. The van der Waals surface area contributed by atoms with Gasteiger partial charge in [-0.25, -0.2) is 15.0 Å². The summed E-state index contributed by atoms with van der Waals surface area (Å²) in [6.07, 6.45) is 8.76. The third kappa shape index (κ3) is 14.2. The zero-order valence-electron chi connectivity index (χ0n) is 42.9. The Bertz CT molecular complexity index is 2680. The minimum Gasteiger partial charge on any atom is -0.493 e. The number of anilines is 1. The molecule has 0 radical (unpaired) electrons. The molecule has 6 aromatic rings. The predicted octanol–water partition coefficient (Wildman–Crippen LogP) is 10.8. The fourth-order valence-corrected chi connectivity index (χ4v) is 11.2. The summed E-state index contributed by atoms with van der Waals surface area (Å²) < 4.78 is 11.1. The fourth-order valence-electron chi connectivity index (χ4n) is 9.44. The van der Waals surface area contributed by atoms with Crippen LogP contribution in [0.4, 0.5) is 5.82 Å². The fraction of sp³-hybridized carbons (Fsp3) is 0.482. The van der Waals surface area contributed by atoms with Crippen molar-refractivity contribution in [3.8, 4) is 33.1 Å².